The number of rotatable bonds is 11. The van der Waals surface area contributed by atoms with Gasteiger partial charge in [0.2, 0.25) is 0 Å². The van der Waals surface area contributed by atoms with Gasteiger partial charge in [-0.2, -0.15) is 0 Å². The number of ether oxygens (including phenoxy) is 3. The van der Waals surface area contributed by atoms with E-state index in [0.29, 0.717) is 37.4 Å². The standard InChI is InChI=1S/C24H28O5/c1-4-5-15-27-24(26)21-10-6-20(7-11-21)17-29-22-12-8-19(9-13-22)14-16-28-23(25)18(2)3/h6-13H,2,4-5,14-17H2,1,3H3. The first-order chi connectivity index (χ1) is 14.0. The molecule has 0 fully saturated rings. The van der Waals surface area contributed by atoms with Crippen LogP contribution in [0.15, 0.2) is 60.7 Å². The topological polar surface area (TPSA) is 61.8 Å². The van der Waals surface area contributed by atoms with Gasteiger partial charge in [-0.1, -0.05) is 44.2 Å². The van der Waals surface area contributed by atoms with E-state index in [1.54, 1.807) is 19.1 Å². The van der Waals surface area contributed by atoms with Crippen molar-refractivity contribution < 1.29 is 23.8 Å². The predicted molar refractivity (Wildman–Crippen MR) is 112 cm³/mol. The Labute approximate surface area is 172 Å². The molecule has 0 aliphatic rings. The van der Waals surface area contributed by atoms with Gasteiger partial charge in [0.25, 0.3) is 0 Å². The van der Waals surface area contributed by atoms with Gasteiger partial charge in [0.15, 0.2) is 0 Å². The summed E-state index contributed by atoms with van der Waals surface area (Å²) in [6.07, 6.45) is 2.50. The minimum absolute atomic E-state index is 0.296. The molecular weight excluding hydrogens is 368 g/mol. The van der Waals surface area contributed by atoms with Crippen LogP contribution in [0.2, 0.25) is 0 Å². The molecule has 2 aromatic rings. The monoisotopic (exact) mass is 396 g/mol. The van der Waals surface area contributed by atoms with Crippen molar-refractivity contribution in [1.29, 1.82) is 0 Å². The summed E-state index contributed by atoms with van der Waals surface area (Å²) < 4.78 is 16.1. The Morgan fingerprint density at radius 2 is 1.55 bits per heavy atom. The van der Waals surface area contributed by atoms with Crippen LogP contribution in [0.3, 0.4) is 0 Å². The molecule has 0 aliphatic carbocycles. The first kappa shape index (κ1) is 22.2. The second-order valence-electron chi connectivity index (χ2n) is 6.79. The van der Waals surface area contributed by atoms with E-state index in [9.17, 15) is 9.59 Å². The number of carbonyl (C=O) groups is 2. The molecule has 0 amide bonds. The number of benzene rings is 2. The van der Waals surface area contributed by atoms with Crippen LogP contribution >= 0.6 is 0 Å². The third kappa shape index (κ3) is 7.82. The molecule has 0 spiro atoms. The summed E-state index contributed by atoms with van der Waals surface area (Å²) in [5.41, 5.74) is 2.96. The van der Waals surface area contributed by atoms with Crippen molar-refractivity contribution in [2.75, 3.05) is 13.2 Å². The maximum absolute atomic E-state index is 11.9. The van der Waals surface area contributed by atoms with E-state index < -0.39 is 0 Å². The van der Waals surface area contributed by atoms with Gasteiger partial charge in [-0.15, -0.1) is 0 Å². The molecule has 2 rings (SSSR count). The van der Waals surface area contributed by atoms with Crippen molar-refractivity contribution in [2.24, 2.45) is 0 Å². The SMILES string of the molecule is C=C(C)C(=O)OCCc1ccc(OCc2ccc(C(=O)OCCCC)cc2)cc1. The average Bonchev–Trinajstić information content (AvgIpc) is 2.73. The second-order valence-corrected chi connectivity index (χ2v) is 6.79. The average molecular weight is 396 g/mol. The van der Waals surface area contributed by atoms with Gasteiger partial charge in [-0.05, 0) is 48.7 Å². The summed E-state index contributed by atoms with van der Waals surface area (Å²) in [7, 11) is 0. The van der Waals surface area contributed by atoms with Gasteiger partial charge in [-0.25, -0.2) is 9.59 Å². The highest BCUT2D eigenvalue weighted by molar-refractivity contribution is 5.89. The largest absolute Gasteiger partial charge is 0.489 e. The first-order valence-corrected chi connectivity index (χ1v) is 9.80. The van der Waals surface area contributed by atoms with E-state index in [0.717, 1.165) is 29.7 Å². The highest BCUT2D eigenvalue weighted by Gasteiger charge is 2.07. The van der Waals surface area contributed by atoms with Gasteiger partial charge in [0.05, 0.1) is 18.8 Å². The number of hydrogen-bond acceptors (Lipinski definition) is 5. The van der Waals surface area contributed by atoms with E-state index in [1.807, 2.05) is 36.4 Å². The number of hydrogen-bond donors (Lipinski definition) is 0. The Bertz CT molecular complexity index is 806. The van der Waals surface area contributed by atoms with Crippen LogP contribution < -0.4 is 4.74 Å². The summed E-state index contributed by atoms with van der Waals surface area (Å²) in [5, 5.41) is 0. The zero-order valence-electron chi connectivity index (χ0n) is 17.1. The number of esters is 2. The van der Waals surface area contributed by atoms with Gasteiger partial charge in [0.1, 0.15) is 12.4 Å². The highest BCUT2D eigenvalue weighted by atomic mass is 16.5. The van der Waals surface area contributed by atoms with Crippen LogP contribution in [0.4, 0.5) is 0 Å². The molecule has 0 unspecified atom stereocenters. The van der Waals surface area contributed by atoms with Crippen LogP contribution in [0.5, 0.6) is 5.75 Å². The molecule has 0 aromatic heterocycles. The lowest BCUT2D eigenvalue weighted by atomic mass is 10.1. The van der Waals surface area contributed by atoms with Gasteiger partial charge < -0.3 is 14.2 Å². The second kappa shape index (κ2) is 11.7. The number of carbonyl (C=O) groups excluding carboxylic acids is 2. The van der Waals surface area contributed by atoms with Crippen LogP contribution in [0, 0.1) is 0 Å². The minimum atomic E-state index is -0.370. The third-order valence-corrected chi connectivity index (χ3v) is 4.22. The molecule has 154 valence electrons. The van der Waals surface area contributed by atoms with Gasteiger partial charge in [-0.3, -0.25) is 0 Å². The predicted octanol–water partition coefficient (Wildman–Crippen LogP) is 4.88. The Morgan fingerprint density at radius 3 is 2.17 bits per heavy atom. The van der Waals surface area contributed by atoms with Crippen molar-refractivity contribution in [3.8, 4) is 5.75 Å². The lowest BCUT2D eigenvalue weighted by Gasteiger charge is -2.09. The zero-order chi connectivity index (χ0) is 21.1. The summed E-state index contributed by atoms with van der Waals surface area (Å²) in [4.78, 5) is 23.3. The molecule has 29 heavy (non-hydrogen) atoms. The third-order valence-electron chi connectivity index (χ3n) is 4.22. The van der Waals surface area contributed by atoms with Crippen molar-refractivity contribution >= 4 is 11.9 Å². The summed E-state index contributed by atoms with van der Waals surface area (Å²) in [6.45, 7) is 8.40. The smallest absolute Gasteiger partial charge is 0.338 e. The quantitative estimate of drug-likeness (QED) is 0.308. The van der Waals surface area contributed by atoms with Crippen molar-refractivity contribution in [3.63, 3.8) is 0 Å². The fourth-order valence-electron chi connectivity index (χ4n) is 2.43. The maximum Gasteiger partial charge on any atom is 0.338 e. The maximum atomic E-state index is 11.9. The molecule has 0 heterocycles. The molecule has 0 atom stereocenters. The molecule has 5 heteroatoms. The summed E-state index contributed by atoms with van der Waals surface area (Å²) >= 11 is 0. The van der Waals surface area contributed by atoms with E-state index in [4.69, 9.17) is 14.2 Å². The van der Waals surface area contributed by atoms with Crippen LogP contribution in [0.1, 0.15) is 48.2 Å². The van der Waals surface area contributed by atoms with Crippen LogP contribution in [0.25, 0.3) is 0 Å². The summed E-state index contributed by atoms with van der Waals surface area (Å²) in [5.74, 6) is 0.0800. The number of unbranched alkanes of at least 4 members (excludes halogenated alkanes) is 1. The van der Waals surface area contributed by atoms with Crippen LogP contribution in [-0.2, 0) is 27.3 Å². The molecule has 5 nitrogen and oxygen atoms in total. The van der Waals surface area contributed by atoms with Crippen molar-refractivity contribution in [1.82, 2.24) is 0 Å². The van der Waals surface area contributed by atoms with E-state index in [1.165, 1.54) is 0 Å². The Kier molecular flexibility index (Phi) is 8.96. The highest BCUT2D eigenvalue weighted by Crippen LogP contribution is 2.15. The van der Waals surface area contributed by atoms with Crippen LogP contribution in [-0.4, -0.2) is 25.2 Å². The normalized spacial score (nSPS) is 10.3. The van der Waals surface area contributed by atoms with E-state index >= 15 is 0 Å². The first-order valence-electron chi connectivity index (χ1n) is 9.80. The fourth-order valence-corrected chi connectivity index (χ4v) is 2.43. The Morgan fingerprint density at radius 1 is 0.897 bits per heavy atom. The van der Waals surface area contributed by atoms with Gasteiger partial charge >= 0.3 is 11.9 Å². The summed E-state index contributed by atoms with van der Waals surface area (Å²) in [6, 6.07) is 14.9. The zero-order valence-corrected chi connectivity index (χ0v) is 17.1. The molecular formula is C24H28O5. The van der Waals surface area contributed by atoms with Crippen molar-refractivity contribution in [2.45, 2.75) is 39.7 Å². The molecule has 0 N–H and O–H groups in total. The minimum Gasteiger partial charge on any atom is -0.489 e. The molecule has 2 aromatic carbocycles. The molecule has 0 aliphatic heterocycles. The van der Waals surface area contributed by atoms with E-state index in [2.05, 4.69) is 13.5 Å². The lowest BCUT2D eigenvalue weighted by molar-refractivity contribution is -0.138. The van der Waals surface area contributed by atoms with E-state index in [-0.39, 0.29) is 11.9 Å². The molecule has 0 saturated heterocycles. The molecule has 0 radical (unpaired) electrons. The van der Waals surface area contributed by atoms with Gasteiger partial charge in [0, 0.05) is 12.0 Å². The Hall–Kier alpha value is -3.08. The van der Waals surface area contributed by atoms with Crippen molar-refractivity contribution in [3.05, 3.63) is 77.4 Å². The fraction of sp³-hybridized carbons (Fsp3) is 0.333. The molecule has 0 saturated carbocycles. The lowest BCUT2D eigenvalue weighted by Crippen LogP contribution is -2.08. The molecule has 0 bridgehead atoms. The Balaban J connectivity index is 1.77.